The molecule has 4 rings (SSSR count). The minimum Gasteiger partial charge on any atom is -0.422 e. The molecule has 27 heavy (non-hydrogen) atoms. The Morgan fingerprint density at radius 2 is 1.59 bits per heavy atom. The molecule has 140 valence electrons. The third-order valence-corrected chi connectivity index (χ3v) is 4.06. The number of furan rings is 1. The first-order valence-corrected chi connectivity index (χ1v) is 7.79. The van der Waals surface area contributed by atoms with Gasteiger partial charge in [0, 0.05) is 5.39 Å². The molecule has 0 saturated carbocycles. The second-order valence-corrected chi connectivity index (χ2v) is 5.87. The van der Waals surface area contributed by atoms with Crippen LogP contribution < -0.4 is 15.8 Å². The number of hydrogen-bond acceptors (Lipinski definition) is 3. The van der Waals surface area contributed by atoms with E-state index in [0.29, 0.717) is 22.1 Å². The van der Waals surface area contributed by atoms with Gasteiger partial charge in [0.25, 0.3) is 0 Å². The lowest BCUT2D eigenvalue weighted by Crippen LogP contribution is -2.54. The topological polar surface area (TPSA) is 56.1 Å². The molecule has 5 nitrogen and oxygen atoms in total. The van der Waals surface area contributed by atoms with E-state index in [-0.39, 0.29) is 5.56 Å². The van der Waals surface area contributed by atoms with Gasteiger partial charge in [-0.2, -0.15) is 13.9 Å². The molecule has 0 unspecified atom stereocenters. The predicted molar refractivity (Wildman–Crippen MR) is 94.1 cm³/mol. The summed E-state index contributed by atoms with van der Waals surface area (Å²) in [7, 11) is -2.92. The monoisotopic (exact) mass is 380 g/mol. The van der Waals surface area contributed by atoms with Gasteiger partial charge in [-0.25, -0.2) is 4.79 Å². The zero-order valence-corrected chi connectivity index (χ0v) is 14.2. The second kappa shape index (κ2) is 6.53. The van der Waals surface area contributed by atoms with Gasteiger partial charge in [-0.1, -0.05) is 30.3 Å². The fourth-order valence-electron chi connectivity index (χ4n) is 2.84. The van der Waals surface area contributed by atoms with E-state index in [1.165, 1.54) is 11.6 Å². The van der Waals surface area contributed by atoms with Crippen molar-refractivity contribution in [2.24, 2.45) is 14.1 Å². The highest BCUT2D eigenvalue weighted by Gasteiger charge is 2.22. The largest absolute Gasteiger partial charge is 0.673 e. The van der Waals surface area contributed by atoms with E-state index in [9.17, 15) is 26.9 Å². The molecular weight excluding hydrogens is 367 g/mol. The van der Waals surface area contributed by atoms with Crippen molar-refractivity contribution in [2.45, 2.75) is 0 Å². The van der Waals surface area contributed by atoms with Crippen molar-refractivity contribution >= 4 is 40.1 Å². The number of halogens is 4. The number of aryl methyl sites for hydroxylation is 1. The van der Waals surface area contributed by atoms with Gasteiger partial charge in [0.2, 0.25) is 0 Å². The number of rotatable bonds is 0. The Morgan fingerprint density at radius 1 is 1.00 bits per heavy atom. The van der Waals surface area contributed by atoms with E-state index in [0.717, 1.165) is 15.3 Å². The lowest BCUT2D eigenvalue weighted by molar-refractivity contribution is -0.671. The average Bonchev–Trinajstić information content (AvgIpc) is 2.84. The van der Waals surface area contributed by atoms with Gasteiger partial charge in [-0.15, -0.1) is 0 Å². The van der Waals surface area contributed by atoms with Crippen molar-refractivity contribution < 1.29 is 26.2 Å². The average molecular weight is 380 g/mol. The van der Waals surface area contributed by atoms with Gasteiger partial charge in [0.15, 0.2) is 5.39 Å². The van der Waals surface area contributed by atoms with Crippen LogP contribution in [-0.4, -0.2) is 11.8 Å². The normalized spacial score (nSPS) is 11.6. The summed E-state index contributed by atoms with van der Waals surface area (Å²) in [6, 6.07) is 13.6. The maximum absolute atomic E-state index is 12.5. The highest BCUT2D eigenvalue weighted by atomic mass is 19.5. The van der Waals surface area contributed by atoms with Crippen molar-refractivity contribution in [1.82, 2.24) is 4.57 Å². The SMILES string of the molecule is Cn1c(=O)c2c3ccc4ccccc4cc3oc2[n+](C)c1=O.F[B-](F)(F)F. The molecule has 0 aliphatic rings. The lowest BCUT2D eigenvalue weighted by Gasteiger charge is -1.94. The molecular formula is C17H13BF4N2O3. The molecule has 0 atom stereocenters. The first kappa shape index (κ1) is 18.6. The zero-order chi connectivity index (χ0) is 19.9. The van der Waals surface area contributed by atoms with Gasteiger partial charge in [-0.05, 0) is 22.9 Å². The molecule has 0 aliphatic carbocycles. The Labute approximate surface area is 149 Å². The fourth-order valence-corrected chi connectivity index (χ4v) is 2.84. The zero-order valence-electron chi connectivity index (χ0n) is 14.2. The van der Waals surface area contributed by atoms with E-state index in [1.807, 2.05) is 42.5 Å². The highest BCUT2D eigenvalue weighted by molar-refractivity contribution is 6.50. The summed E-state index contributed by atoms with van der Waals surface area (Å²) >= 11 is 0. The van der Waals surface area contributed by atoms with E-state index in [4.69, 9.17) is 4.42 Å². The standard InChI is InChI=1S/C17H13N2O3.BF4/c1-18-15(20)14-12-8-7-10-5-3-4-6-11(10)9-13(12)22-16(14)19(2)17(18)21;2-1(3,4)5/h3-9H,1-2H3;/q+1;-1. The number of nitrogens with zero attached hydrogens (tertiary/aromatic N) is 2. The first-order chi connectivity index (χ1) is 12.6. The summed E-state index contributed by atoms with van der Waals surface area (Å²) in [6.45, 7) is 0. The van der Waals surface area contributed by atoms with E-state index in [1.54, 1.807) is 7.05 Å². The van der Waals surface area contributed by atoms with Crippen LogP contribution in [0, 0.1) is 0 Å². The van der Waals surface area contributed by atoms with E-state index < -0.39 is 12.9 Å². The smallest absolute Gasteiger partial charge is 0.422 e. The van der Waals surface area contributed by atoms with Crippen LogP contribution in [-0.2, 0) is 14.1 Å². The Bertz CT molecular complexity index is 1290. The number of hydrogen-bond donors (Lipinski definition) is 0. The molecule has 10 heteroatoms. The Hall–Kier alpha value is -3.17. The third-order valence-electron chi connectivity index (χ3n) is 4.06. The summed E-state index contributed by atoms with van der Waals surface area (Å²) < 4.78 is 47.3. The van der Waals surface area contributed by atoms with Crippen molar-refractivity contribution in [3.8, 4) is 0 Å². The molecule has 0 spiro atoms. The summed E-state index contributed by atoms with van der Waals surface area (Å²) in [5.41, 5.74) is 0.158. The van der Waals surface area contributed by atoms with E-state index >= 15 is 0 Å². The van der Waals surface area contributed by atoms with Crippen LogP contribution >= 0.6 is 0 Å². The summed E-state index contributed by atoms with van der Waals surface area (Å²) in [5, 5.41) is 3.21. The lowest BCUT2D eigenvalue weighted by atomic mass is 10.2. The Morgan fingerprint density at radius 3 is 2.22 bits per heavy atom. The predicted octanol–water partition coefficient (Wildman–Crippen LogP) is 2.92. The molecule has 0 amide bonds. The number of aromatic nitrogens is 2. The van der Waals surface area contributed by atoms with Crippen LogP contribution in [0.1, 0.15) is 0 Å². The summed E-state index contributed by atoms with van der Waals surface area (Å²) in [6.07, 6.45) is 0. The number of fused-ring (bicyclic) bond motifs is 4. The van der Waals surface area contributed by atoms with Crippen LogP contribution in [0.2, 0.25) is 0 Å². The van der Waals surface area contributed by atoms with Gasteiger partial charge in [0.05, 0.1) is 14.1 Å². The van der Waals surface area contributed by atoms with Crippen LogP contribution in [0.25, 0.3) is 32.8 Å². The molecule has 2 aromatic heterocycles. The summed E-state index contributed by atoms with van der Waals surface area (Å²) in [5.74, 6) is 0. The molecule has 0 N–H and O–H groups in total. The van der Waals surface area contributed by atoms with Gasteiger partial charge >= 0.3 is 24.2 Å². The van der Waals surface area contributed by atoms with Crippen LogP contribution in [0.4, 0.5) is 17.3 Å². The molecule has 0 saturated heterocycles. The third kappa shape index (κ3) is 3.55. The van der Waals surface area contributed by atoms with Gasteiger partial charge in [-0.3, -0.25) is 0 Å². The van der Waals surface area contributed by atoms with Gasteiger partial charge < -0.3 is 21.7 Å². The van der Waals surface area contributed by atoms with Crippen molar-refractivity contribution in [1.29, 1.82) is 0 Å². The van der Waals surface area contributed by atoms with Crippen molar-refractivity contribution in [3.05, 3.63) is 63.3 Å². The Kier molecular flexibility index (Phi) is 4.50. The molecule has 0 bridgehead atoms. The Balaban J connectivity index is 0.000000376. The minimum atomic E-state index is -6.00. The number of benzene rings is 1. The first-order valence-electron chi connectivity index (χ1n) is 7.79. The molecule has 2 heterocycles. The molecule has 0 fully saturated rings. The van der Waals surface area contributed by atoms with Crippen LogP contribution in [0.15, 0.2) is 56.5 Å². The minimum absolute atomic E-state index is 0.304. The van der Waals surface area contributed by atoms with Crippen LogP contribution in [0.5, 0.6) is 0 Å². The van der Waals surface area contributed by atoms with Crippen molar-refractivity contribution in [2.75, 3.05) is 0 Å². The summed E-state index contributed by atoms with van der Waals surface area (Å²) in [4.78, 5) is 24.5. The van der Waals surface area contributed by atoms with Crippen molar-refractivity contribution in [3.63, 3.8) is 0 Å². The molecule has 2 aromatic carbocycles. The molecule has 4 aromatic rings. The van der Waals surface area contributed by atoms with E-state index in [2.05, 4.69) is 0 Å². The maximum atomic E-state index is 12.5. The molecule has 0 aliphatic heterocycles. The fraction of sp³-hybridized carbons (Fsp3) is 0.118. The molecule has 0 radical (unpaired) electrons. The van der Waals surface area contributed by atoms with Crippen LogP contribution in [0.3, 0.4) is 0 Å². The quantitative estimate of drug-likeness (QED) is 0.268. The highest BCUT2D eigenvalue weighted by Crippen LogP contribution is 2.26. The second-order valence-electron chi connectivity index (χ2n) is 5.87. The maximum Gasteiger partial charge on any atom is 0.673 e. The van der Waals surface area contributed by atoms with Gasteiger partial charge in [0.1, 0.15) is 5.58 Å².